The molecule has 0 saturated heterocycles. The molecule has 1 atom stereocenters. The topological polar surface area (TPSA) is 90.9 Å². The van der Waals surface area contributed by atoms with Gasteiger partial charge in [0.05, 0.1) is 5.56 Å². The van der Waals surface area contributed by atoms with E-state index < -0.39 is 24.3 Å². The van der Waals surface area contributed by atoms with Gasteiger partial charge in [-0.25, -0.2) is 9.59 Å². The molecule has 0 aromatic heterocycles. The SMILES string of the molecule is CC(C)C(OC(=O)NCCCC(=O)Oc1ccc(Cl)cc1)OC(=O)c1ccccc1. The molecule has 0 aliphatic carbocycles. The predicted molar refractivity (Wildman–Crippen MR) is 111 cm³/mol. The smallest absolute Gasteiger partial charge is 0.410 e. The average molecular weight is 434 g/mol. The Kier molecular flexibility index (Phi) is 9.15. The molecule has 0 aliphatic rings. The van der Waals surface area contributed by atoms with Gasteiger partial charge >= 0.3 is 18.0 Å². The monoisotopic (exact) mass is 433 g/mol. The van der Waals surface area contributed by atoms with Gasteiger partial charge in [0, 0.05) is 23.9 Å². The molecule has 2 aromatic rings. The van der Waals surface area contributed by atoms with Gasteiger partial charge in [-0.3, -0.25) is 4.79 Å². The van der Waals surface area contributed by atoms with Crippen molar-refractivity contribution in [3.63, 3.8) is 0 Å². The first-order chi connectivity index (χ1) is 14.3. The van der Waals surface area contributed by atoms with Crippen LogP contribution in [0.25, 0.3) is 0 Å². The fraction of sp³-hybridized carbons (Fsp3) is 0.318. The van der Waals surface area contributed by atoms with Crippen molar-refractivity contribution in [2.45, 2.75) is 33.0 Å². The van der Waals surface area contributed by atoms with Gasteiger partial charge in [-0.2, -0.15) is 0 Å². The summed E-state index contributed by atoms with van der Waals surface area (Å²) < 4.78 is 15.6. The minimum atomic E-state index is -1.03. The highest BCUT2D eigenvalue weighted by Gasteiger charge is 2.23. The van der Waals surface area contributed by atoms with Crippen LogP contribution in [0, 0.1) is 5.92 Å². The summed E-state index contributed by atoms with van der Waals surface area (Å²) in [5.74, 6) is -0.842. The zero-order valence-electron chi connectivity index (χ0n) is 16.8. The number of ether oxygens (including phenoxy) is 3. The molecule has 0 heterocycles. The fourth-order valence-corrected chi connectivity index (χ4v) is 2.43. The molecule has 0 spiro atoms. The van der Waals surface area contributed by atoms with E-state index in [0.29, 0.717) is 22.8 Å². The van der Waals surface area contributed by atoms with Gasteiger partial charge in [-0.15, -0.1) is 0 Å². The number of alkyl carbamates (subject to hydrolysis) is 1. The molecule has 160 valence electrons. The Morgan fingerprint density at radius 2 is 1.63 bits per heavy atom. The normalized spacial score (nSPS) is 11.5. The van der Waals surface area contributed by atoms with Crippen molar-refractivity contribution in [1.29, 1.82) is 0 Å². The fourth-order valence-electron chi connectivity index (χ4n) is 2.30. The van der Waals surface area contributed by atoms with Gasteiger partial charge < -0.3 is 19.5 Å². The number of halogens is 1. The lowest BCUT2D eigenvalue weighted by atomic mass is 10.2. The first-order valence-electron chi connectivity index (χ1n) is 9.52. The van der Waals surface area contributed by atoms with Crippen molar-refractivity contribution in [1.82, 2.24) is 5.32 Å². The third-order valence-electron chi connectivity index (χ3n) is 3.87. The van der Waals surface area contributed by atoms with Crippen molar-refractivity contribution in [3.8, 4) is 5.75 Å². The number of benzene rings is 2. The summed E-state index contributed by atoms with van der Waals surface area (Å²) in [6.45, 7) is 3.73. The van der Waals surface area contributed by atoms with E-state index in [-0.39, 0.29) is 18.9 Å². The molecular weight excluding hydrogens is 410 g/mol. The summed E-state index contributed by atoms with van der Waals surface area (Å²) in [6, 6.07) is 14.9. The van der Waals surface area contributed by atoms with Gasteiger partial charge in [0.2, 0.25) is 0 Å². The molecule has 1 N–H and O–H groups in total. The highest BCUT2D eigenvalue weighted by Crippen LogP contribution is 2.16. The summed E-state index contributed by atoms with van der Waals surface area (Å²) in [6.07, 6.45) is -1.30. The van der Waals surface area contributed by atoms with Gasteiger partial charge in [-0.1, -0.05) is 43.6 Å². The van der Waals surface area contributed by atoms with Crippen LogP contribution < -0.4 is 10.1 Å². The van der Waals surface area contributed by atoms with Crippen LogP contribution in [0.5, 0.6) is 5.75 Å². The van der Waals surface area contributed by atoms with Crippen LogP contribution in [0.3, 0.4) is 0 Å². The second kappa shape index (κ2) is 11.8. The van der Waals surface area contributed by atoms with Crippen LogP contribution in [-0.2, 0) is 14.3 Å². The zero-order chi connectivity index (χ0) is 21.9. The van der Waals surface area contributed by atoms with E-state index in [9.17, 15) is 14.4 Å². The zero-order valence-corrected chi connectivity index (χ0v) is 17.6. The Morgan fingerprint density at radius 1 is 0.967 bits per heavy atom. The van der Waals surface area contributed by atoms with Crippen molar-refractivity contribution in [2.75, 3.05) is 6.54 Å². The standard InChI is InChI=1S/C22H24ClNO6/c1-15(2)21(29-20(26)16-7-4-3-5-8-16)30-22(27)24-14-6-9-19(25)28-18-12-10-17(23)11-13-18/h3-5,7-8,10-13,15,21H,6,9,14H2,1-2H3,(H,24,27). The molecule has 0 aliphatic heterocycles. The molecule has 2 rings (SSSR count). The highest BCUT2D eigenvalue weighted by atomic mass is 35.5. The number of nitrogens with one attached hydrogen (secondary N) is 1. The van der Waals surface area contributed by atoms with E-state index in [4.69, 9.17) is 25.8 Å². The van der Waals surface area contributed by atoms with E-state index in [0.717, 1.165) is 0 Å². The first-order valence-corrected chi connectivity index (χ1v) is 9.89. The average Bonchev–Trinajstić information content (AvgIpc) is 2.73. The van der Waals surface area contributed by atoms with E-state index in [2.05, 4.69) is 5.32 Å². The van der Waals surface area contributed by atoms with Gasteiger partial charge in [0.15, 0.2) is 0 Å². The third-order valence-corrected chi connectivity index (χ3v) is 4.12. The quantitative estimate of drug-likeness (QED) is 0.269. The molecule has 8 heteroatoms. The third kappa shape index (κ3) is 8.13. The number of carbonyl (C=O) groups excluding carboxylic acids is 3. The lowest BCUT2D eigenvalue weighted by Crippen LogP contribution is -2.35. The molecule has 2 aromatic carbocycles. The second-order valence-corrected chi connectivity index (χ2v) is 7.18. The summed E-state index contributed by atoms with van der Waals surface area (Å²) >= 11 is 5.77. The van der Waals surface area contributed by atoms with Crippen LogP contribution in [-0.4, -0.2) is 30.9 Å². The van der Waals surface area contributed by atoms with E-state index in [1.54, 1.807) is 68.4 Å². The number of rotatable bonds is 9. The Bertz CT molecular complexity index is 838. The molecule has 0 fully saturated rings. The minimum Gasteiger partial charge on any atom is -0.427 e. The number of hydrogen-bond donors (Lipinski definition) is 1. The molecule has 1 unspecified atom stereocenters. The van der Waals surface area contributed by atoms with Crippen LogP contribution in [0.1, 0.15) is 37.0 Å². The van der Waals surface area contributed by atoms with Crippen molar-refractivity contribution in [2.24, 2.45) is 5.92 Å². The number of esters is 2. The first kappa shape index (κ1) is 23.2. The molecule has 0 radical (unpaired) electrons. The summed E-state index contributed by atoms with van der Waals surface area (Å²) in [5, 5.41) is 3.08. The highest BCUT2D eigenvalue weighted by molar-refractivity contribution is 6.30. The molecule has 0 saturated carbocycles. The molecular formula is C22H24ClNO6. The Morgan fingerprint density at radius 3 is 2.27 bits per heavy atom. The summed E-state index contributed by atoms with van der Waals surface area (Å²) in [4.78, 5) is 36.0. The van der Waals surface area contributed by atoms with Crippen LogP contribution in [0.2, 0.25) is 5.02 Å². The van der Waals surface area contributed by atoms with E-state index >= 15 is 0 Å². The van der Waals surface area contributed by atoms with Crippen LogP contribution >= 0.6 is 11.6 Å². The van der Waals surface area contributed by atoms with Crippen molar-refractivity contribution < 1.29 is 28.6 Å². The van der Waals surface area contributed by atoms with Crippen LogP contribution in [0.15, 0.2) is 54.6 Å². The number of hydrogen-bond acceptors (Lipinski definition) is 6. The Hall–Kier alpha value is -3.06. The largest absolute Gasteiger partial charge is 0.427 e. The predicted octanol–water partition coefficient (Wildman–Crippen LogP) is 4.59. The molecule has 1 amide bonds. The Labute approximate surface area is 180 Å². The summed E-state index contributed by atoms with van der Waals surface area (Å²) in [5.41, 5.74) is 0.367. The Balaban J connectivity index is 1.70. The van der Waals surface area contributed by atoms with Gasteiger partial charge in [-0.05, 0) is 42.8 Å². The maximum absolute atomic E-state index is 12.2. The van der Waals surface area contributed by atoms with Crippen molar-refractivity contribution in [3.05, 3.63) is 65.2 Å². The summed E-state index contributed by atoms with van der Waals surface area (Å²) in [7, 11) is 0. The number of carbonyl (C=O) groups is 3. The van der Waals surface area contributed by atoms with E-state index in [1.165, 1.54) is 0 Å². The van der Waals surface area contributed by atoms with Gasteiger partial charge in [0.25, 0.3) is 6.29 Å². The molecule has 0 bridgehead atoms. The molecule has 30 heavy (non-hydrogen) atoms. The maximum atomic E-state index is 12.2. The van der Waals surface area contributed by atoms with E-state index in [1.807, 2.05) is 0 Å². The second-order valence-electron chi connectivity index (χ2n) is 6.75. The van der Waals surface area contributed by atoms with Crippen LogP contribution in [0.4, 0.5) is 4.79 Å². The van der Waals surface area contributed by atoms with Crippen molar-refractivity contribution >= 4 is 29.6 Å². The number of amides is 1. The lowest BCUT2D eigenvalue weighted by molar-refractivity contribution is -0.134. The molecule has 7 nitrogen and oxygen atoms in total. The van der Waals surface area contributed by atoms with Gasteiger partial charge in [0.1, 0.15) is 5.75 Å². The minimum absolute atomic E-state index is 0.111. The lowest BCUT2D eigenvalue weighted by Gasteiger charge is -2.21. The maximum Gasteiger partial charge on any atom is 0.410 e.